The number of rotatable bonds is 7. The van der Waals surface area contributed by atoms with Gasteiger partial charge in [-0.15, -0.1) is 0 Å². The first-order valence-electron chi connectivity index (χ1n) is 4.78. The van der Waals surface area contributed by atoms with Gasteiger partial charge in [0.25, 0.3) is 0 Å². The Balaban J connectivity index is 3.48. The molecule has 15 heavy (non-hydrogen) atoms. The molecule has 0 amide bonds. The van der Waals surface area contributed by atoms with Crippen molar-refractivity contribution in [2.75, 3.05) is 6.26 Å². The number of carboxylic acids is 1. The van der Waals surface area contributed by atoms with E-state index in [9.17, 15) is 18.0 Å². The fourth-order valence-electron chi connectivity index (χ4n) is 1.08. The maximum atomic E-state index is 10.9. The van der Waals surface area contributed by atoms with E-state index in [4.69, 9.17) is 5.11 Å². The zero-order valence-electron chi connectivity index (χ0n) is 8.73. The van der Waals surface area contributed by atoms with Gasteiger partial charge in [-0.25, -0.2) is 8.42 Å². The Morgan fingerprint density at radius 1 is 1.00 bits per heavy atom. The van der Waals surface area contributed by atoms with Crippen LogP contribution >= 0.6 is 0 Å². The van der Waals surface area contributed by atoms with Crippen LogP contribution in [0.2, 0.25) is 0 Å². The molecule has 0 fully saturated rings. The summed E-state index contributed by atoms with van der Waals surface area (Å²) in [5.74, 6) is -0.831. The number of carbonyl (C=O) groups is 2. The first kappa shape index (κ1) is 14.1. The number of carbonyl (C=O) groups excluding carboxylic acids is 1. The lowest BCUT2D eigenvalue weighted by Crippen LogP contribution is -2.11. The summed E-state index contributed by atoms with van der Waals surface area (Å²) in [7, 11) is -3.54. The summed E-state index contributed by atoms with van der Waals surface area (Å²) in [6.07, 6.45) is 3.54. The number of carboxylic acid groups (broad SMARTS) is 1. The van der Waals surface area contributed by atoms with Crippen LogP contribution in [0.3, 0.4) is 0 Å². The first-order valence-corrected chi connectivity index (χ1v) is 6.68. The summed E-state index contributed by atoms with van der Waals surface area (Å²) in [5.41, 5.74) is 0. The van der Waals surface area contributed by atoms with Crippen molar-refractivity contribution in [3.05, 3.63) is 0 Å². The Kier molecular flexibility index (Phi) is 6.15. The molecule has 88 valence electrons. The van der Waals surface area contributed by atoms with E-state index in [-0.39, 0.29) is 12.8 Å². The van der Waals surface area contributed by atoms with Crippen molar-refractivity contribution in [3.8, 4) is 0 Å². The van der Waals surface area contributed by atoms with Gasteiger partial charge in [0, 0.05) is 19.1 Å². The molecule has 0 unspecified atom stereocenters. The van der Waals surface area contributed by atoms with Crippen molar-refractivity contribution in [2.24, 2.45) is 0 Å². The topological polar surface area (TPSA) is 88.5 Å². The Bertz CT molecular complexity index is 317. The largest absolute Gasteiger partial charge is 0.481 e. The van der Waals surface area contributed by atoms with E-state index in [0.29, 0.717) is 25.7 Å². The minimum Gasteiger partial charge on any atom is -0.481 e. The number of unbranched alkanes of at least 4 members (excludes halogenated alkanes) is 3. The summed E-state index contributed by atoms with van der Waals surface area (Å²) in [4.78, 5) is 21.1. The third kappa shape index (κ3) is 8.11. The summed E-state index contributed by atoms with van der Waals surface area (Å²) in [6.45, 7) is 0. The zero-order chi connectivity index (χ0) is 11.9. The summed E-state index contributed by atoms with van der Waals surface area (Å²) >= 11 is 0. The standard InChI is InChI=1S/C9H16O5S/c1-15(13,14)9(12)7-5-3-2-4-6-8(10)11/h2-7H2,1H3,(H,10,11). The van der Waals surface area contributed by atoms with Crippen molar-refractivity contribution in [1.82, 2.24) is 0 Å². The van der Waals surface area contributed by atoms with E-state index < -0.39 is 20.9 Å². The van der Waals surface area contributed by atoms with E-state index in [1.165, 1.54) is 0 Å². The summed E-state index contributed by atoms with van der Waals surface area (Å²) in [6, 6.07) is 0. The monoisotopic (exact) mass is 236 g/mol. The van der Waals surface area contributed by atoms with Gasteiger partial charge in [0.2, 0.25) is 15.0 Å². The molecule has 0 saturated heterocycles. The molecule has 0 aliphatic rings. The second-order valence-electron chi connectivity index (χ2n) is 3.45. The molecule has 0 aliphatic heterocycles. The highest BCUT2D eigenvalue weighted by Gasteiger charge is 2.14. The molecule has 0 radical (unpaired) electrons. The molecule has 6 heteroatoms. The van der Waals surface area contributed by atoms with Crippen molar-refractivity contribution < 1.29 is 23.1 Å². The molecule has 0 atom stereocenters. The van der Waals surface area contributed by atoms with Crippen molar-refractivity contribution in [3.63, 3.8) is 0 Å². The van der Waals surface area contributed by atoms with Gasteiger partial charge >= 0.3 is 5.97 Å². The van der Waals surface area contributed by atoms with Crippen LogP contribution in [0.25, 0.3) is 0 Å². The molecular formula is C9H16O5S. The third-order valence-electron chi connectivity index (χ3n) is 1.94. The second kappa shape index (κ2) is 6.55. The highest BCUT2D eigenvalue weighted by atomic mass is 32.2. The fraction of sp³-hybridized carbons (Fsp3) is 0.778. The molecule has 0 aromatic rings. The van der Waals surface area contributed by atoms with Gasteiger partial charge in [-0.2, -0.15) is 0 Å². The second-order valence-corrected chi connectivity index (χ2v) is 5.45. The van der Waals surface area contributed by atoms with Crippen LogP contribution in [0.5, 0.6) is 0 Å². The number of hydrogen-bond acceptors (Lipinski definition) is 4. The van der Waals surface area contributed by atoms with Crippen LogP contribution in [0.15, 0.2) is 0 Å². The Labute approximate surface area is 89.4 Å². The predicted octanol–water partition coefficient (Wildman–Crippen LogP) is 0.983. The highest BCUT2D eigenvalue weighted by molar-refractivity contribution is 8.05. The van der Waals surface area contributed by atoms with E-state index in [1.54, 1.807) is 0 Å². The summed E-state index contributed by atoms with van der Waals surface area (Å²) in [5, 5.41) is 7.60. The van der Waals surface area contributed by atoms with Crippen LogP contribution in [0, 0.1) is 0 Å². The fourth-order valence-corrected chi connectivity index (χ4v) is 1.60. The van der Waals surface area contributed by atoms with Gasteiger partial charge in [-0.05, 0) is 12.8 Å². The Morgan fingerprint density at radius 3 is 1.87 bits per heavy atom. The molecule has 0 saturated carbocycles. The van der Waals surface area contributed by atoms with E-state index in [2.05, 4.69) is 0 Å². The lowest BCUT2D eigenvalue weighted by atomic mass is 10.1. The Morgan fingerprint density at radius 2 is 1.47 bits per heavy atom. The van der Waals surface area contributed by atoms with Crippen LogP contribution in [-0.2, 0) is 19.4 Å². The molecule has 5 nitrogen and oxygen atoms in total. The Hall–Kier alpha value is -0.910. The van der Waals surface area contributed by atoms with E-state index in [0.717, 1.165) is 6.26 Å². The zero-order valence-corrected chi connectivity index (χ0v) is 9.55. The van der Waals surface area contributed by atoms with Gasteiger partial charge in [0.1, 0.15) is 0 Å². The van der Waals surface area contributed by atoms with E-state index in [1.807, 2.05) is 0 Å². The third-order valence-corrected chi connectivity index (χ3v) is 2.97. The minimum atomic E-state index is -3.54. The number of aliphatic carboxylic acids is 1. The van der Waals surface area contributed by atoms with Crippen molar-refractivity contribution in [2.45, 2.75) is 38.5 Å². The smallest absolute Gasteiger partial charge is 0.303 e. The van der Waals surface area contributed by atoms with Crippen molar-refractivity contribution >= 4 is 20.9 Å². The molecule has 0 aromatic carbocycles. The van der Waals surface area contributed by atoms with Crippen LogP contribution in [0.4, 0.5) is 0 Å². The molecule has 0 aliphatic carbocycles. The van der Waals surface area contributed by atoms with Crippen LogP contribution in [-0.4, -0.2) is 30.9 Å². The average Bonchev–Trinajstić information content (AvgIpc) is 2.08. The highest BCUT2D eigenvalue weighted by Crippen LogP contribution is 2.07. The molecular weight excluding hydrogens is 220 g/mol. The normalized spacial score (nSPS) is 11.3. The molecule has 0 aromatic heterocycles. The number of sulfone groups is 1. The molecule has 0 bridgehead atoms. The average molecular weight is 236 g/mol. The predicted molar refractivity (Wildman–Crippen MR) is 55.2 cm³/mol. The SMILES string of the molecule is CS(=O)(=O)C(=O)CCCCCCC(=O)O. The van der Waals surface area contributed by atoms with Gasteiger partial charge in [-0.1, -0.05) is 12.8 Å². The lowest BCUT2D eigenvalue weighted by molar-refractivity contribution is -0.137. The summed E-state index contributed by atoms with van der Waals surface area (Å²) < 4.78 is 21.4. The van der Waals surface area contributed by atoms with Gasteiger partial charge in [0.05, 0.1) is 0 Å². The van der Waals surface area contributed by atoms with Crippen LogP contribution in [0.1, 0.15) is 38.5 Å². The van der Waals surface area contributed by atoms with E-state index >= 15 is 0 Å². The molecule has 0 heterocycles. The molecule has 1 N–H and O–H groups in total. The van der Waals surface area contributed by atoms with Crippen molar-refractivity contribution in [1.29, 1.82) is 0 Å². The van der Waals surface area contributed by atoms with Crippen LogP contribution < -0.4 is 0 Å². The molecule has 0 rings (SSSR count). The molecule has 0 spiro atoms. The van der Waals surface area contributed by atoms with Gasteiger partial charge in [0.15, 0.2) is 0 Å². The minimum absolute atomic E-state index is 0.0336. The maximum absolute atomic E-state index is 10.9. The van der Waals surface area contributed by atoms with Gasteiger partial charge < -0.3 is 5.11 Å². The first-order chi connectivity index (χ1) is 6.84. The number of hydrogen-bond donors (Lipinski definition) is 1. The van der Waals surface area contributed by atoms with Gasteiger partial charge in [-0.3, -0.25) is 9.59 Å². The maximum Gasteiger partial charge on any atom is 0.303 e. The lowest BCUT2D eigenvalue weighted by Gasteiger charge is -1.98. The quantitative estimate of drug-likeness (QED) is 0.666.